The number of carbonyl (C=O) groups is 2. The van der Waals surface area contributed by atoms with Gasteiger partial charge in [-0.2, -0.15) is 0 Å². The van der Waals surface area contributed by atoms with Gasteiger partial charge >= 0.3 is 5.97 Å². The Morgan fingerprint density at radius 2 is 2.00 bits per heavy atom. The number of carbonyl (C=O) groups excluding carboxylic acids is 1. The highest BCUT2D eigenvalue weighted by atomic mass is 16.7. The Balaban J connectivity index is 4.88. The van der Waals surface area contributed by atoms with Crippen molar-refractivity contribution in [3.05, 3.63) is 0 Å². The lowest BCUT2D eigenvalue weighted by Gasteiger charge is -2.34. The van der Waals surface area contributed by atoms with Crippen molar-refractivity contribution in [3.63, 3.8) is 0 Å². The van der Waals surface area contributed by atoms with Crippen molar-refractivity contribution in [2.75, 3.05) is 0 Å². The summed E-state index contributed by atoms with van der Waals surface area (Å²) in [6, 6.07) is -0.876. The number of carboxylic acids is 1. The van der Waals surface area contributed by atoms with E-state index >= 15 is 0 Å². The van der Waals surface area contributed by atoms with Gasteiger partial charge in [-0.15, -0.1) is 0 Å². The molecule has 0 bridgehead atoms. The van der Waals surface area contributed by atoms with Gasteiger partial charge in [-0.1, -0.05) is 19.8 Å². The second kappa shape index (κ2) is 7.33. The fourth-order valence-electron chi connectivity index (χ4n) is 1.49. The molecule has 0 aliphatic rings. The molecule has 2 unspecified atom stereocenters. The zero-order valence-corrected chi connectivity index (χ0v) is 11.4. The highest BCUT2D eigenvalue weighted by Crippen LogP contribution is 2.18. The SMILES string of the molecule is CCCCC(C(O)C(=O)O)N(C=O)OC(C)(C)C. The molecule has 6 heteroatoms. The van der Waals surface area contributed by atoms with Gasteiger partial charge in [0.25, 0.3) is 0 Å². The molecule has 2 atom stereocenters. The standard InChI is InChI=1S/C12H23NO5/c1-5-6-7-9(10(15)11(16)17)13(8-14)18-12(2,3)4/h8-10,15H,5-7H2,1-4H3,(H,16,17). The molecule has 0 saturated carbocycles. The summed E-state index contributed by atoms with van der Waals surface area (Å²) < 4.78 is 0. The van der Waals surface area contributed by atoms with Gasteiger partial charge in [-0.05, 0) is 27.2 Å². The number of rotatable bonds is 8. The van der Waals surface area contributed by atoms with E-state index in [1.165, 1.54) is 0 Å². The van der Waals surface area contributed by atoms with Crippen molar-refractivity contribution in [2.45, 2.75) is 64.7 Å². The number of aliphatic carboxylic acids is 1. The number of hydroxylamine groups is 2. The first-order valence-electron chi connectivity index (χ1n) is 6.06. The molecule has 0 radical (unpaired) electrons. The minimum atomic E-state index is -1.65. The molecule has 0 aliphatic heterocycles. The first-order valence-corrected chi connectivity index (χ1v) is 6.06. The number of hydrogen-bond acceptors (Lipinski definition) is 4. The van der Waals surface area contributed by atoms with E-state index in [1.54, 1.807) is 20.8 Å². The molecule has 6 nitrogen and oxygen atoms in total. The van der Waals surface area contributed by atoms with Gasteiger partial charge < -0.3 is 10.2 Å². The fourth-order valence-corrected chi connectivity index (χ4v) is 1.49. The van der Waals surface area contributed by atoms with Crippen LogP contribution in [0.4, 0.5) is 0 Å². The van der Waals surface area contributed by atoms with Crippen LogP contribution in [0, 0.1) is 0 Å². The van der Waals surface area contributed by atoms with Gasteiger partial charge in [-0.3, -0.25) is 9.63 Å². The van der Waals surface area contributed by atoms with Crippen LogP contribution in [0.5, 0.6) is 0 Å². The number of hydrogen-bond donors (Lipinski definition) is 2. The number of amides is 1. The maximum Gasteiger partial charge on any atom is 0.334 e. The summed E-state index contributed by atoms with van der Waals surface area (Å²) in [5, 5.41) is 19.4. The van der Waals surface area contributed by atoms with E-state index in [9.17, 15) is 14.7 Å². The summed E-state index contributed by atoms with van der Waals surface area (Å²) in [5.41, 5.74) is -0.635. The van der Waals surface area contributed by atoms with E-state index in [1.807, 2.05) is 6.92 Å². The van der Waals surface area contributed by atoms with Crippen molar-refractivity contribution in [2.24, 2.45) is 0 Å². The normalized spacial score (nSPS) is 14.9. The molecule has 0 saturated heterocycles. The third-order valence-corrected chi connectivity index (χ3v) is 2.28. The first-order chi connectivity index (χ1) is 8.22. The smallest absolute Gasteiger partial charge is 0.334 e. The lowest BCUT2D eigenvalue weighted by Crippen LogP contribution is -2.49. The van der Waals surface area contributed by atoms with Gasteiger partial charge in [0, 0.05) is 0 Å². The number of unbranched alkanes of at least 4 members (excludes halogenated alkanes) is 1. The molecule has 0 rings (SSSR count). The summed E-state index contributed by atoms with van der Waals surface area (Å²) >= 11 is 0. The molecular formula is C12H23NO5. The quantitative estimate of drug-likeness (QED) is 0.506. The number of carboxylic acid groups (broad SMARTS) is 1. The molecule has 0 aromatic heterocycles. The molecule has 0 spiro atoms. The summed E-state index contributed by atoms with van der Waals surface area (Å²) in [4.78, 5) is 27.2. The van der Waals surface area contributed by atoms with Gasteiger partial charge in [-0.25, -0.2) is 9.86 Å². The molecule has 0 heterocycles. The second-order valence-electron chi connectivity index (χ2n) is 5.16. The Labute approximate surface area is 107 Å². The van der Waals surface area contributed by atoms with Crippen molar-refractivity contribution in [1.29, 1.82) is 0 Å². The molecule has 2 N–H and O–H groups in total. The molecule has 18 heavy (non-hydrogen) atoms. The van der Waals surface area contributed by atoms with E-state index in [-0.39, 0.29) is 0 Å². The summed E-state index contributed by atoms with van der Waals surface area (Å²) in [5.74, 6) is -1.36. The molecule has 0 fully saturated rings. The van der Waals surface area contributed by atoms with Crippen molar-refractivity contribution in [3.8, 4) is 0 Å². The Bertz CT molecular complexity index is 274. The summed E-state index contributed by atoms with van der Waals surface area (Å²) in [6.45, 7) is 7.18. The molecule has 1 amide bonds. The predicted octanol–water partition coefficient (Wildman–Crippen LogP) is 1.18. The molecule has 106 valence electrons. The van der Waals surface area contributed by atoms with Crippen LogP contribution in [0.25, 0.3) is 0 Å². The van der Waals surface area contributed by atoms with Crippen LogP contribution in [0.2, 0.25) is 0 Å². The van der Waals surface area contributed by atoms with Gasteiger partial charge in [0.05, 0.1) is 11.6 Å². The Morgan fingerprint density at radius 3 is 2.33 bits per heavy atom. The van der Waals surface area contributed by atoms with E-state index in [0.29, 0.717) is 19.3 Å². The van der Waals surface area contributed by atoms with Crippen LogP contribution in [0.1, 0.15) is 47.0 Å². The van der Waals surface area contributed by atoms with Gasteiger partial charge in [0.2, 0.25) is 6.41 Å². The molecular weight excluding hydrogens is 238 g/mol. The molecule has 0 aliphatic carbocycles. The highest BCUT2D eigenvalue weighted by Gasteiger charge is 2.33. The van der Waals surface area contributed by atoms with E-state index in [0.717, 1.165) is 11.5 Å². The van der Waals surface area contributed by atoms with Gasteiger partial charge in [0.15, 0.2) is 6.10 Å². The Hall–Kier alpha value is -1.14. The van der Waals surface area contributed by atoms with Crippen LogP contribution < -0.4 is 0 Å². The monoisotopic (exact) mass is 261 g/mol. The zero-order valence-electron chi connectivity index (χ0n) is 11.4. The zero-order chi connectivity index (χ0) is 14.3. The van der Waals surface area contributed by atoms with Crippen molar-refractivity contribution < 1.29 is 24.6 Å². The maximum atomic E-state index is 11.0. The minimum absolute atomic E-state index is 0.374. The predicted molar refractivity (Wildman–Crippen MR) is 65.7 cm³/mol. The number of nitrogens with zero attached hydrogens (tertiary/aromatic N) is 1. The maximum absolute atomic E-state index is 11.0. The first kappa shape index (κ1) is 16.9. The summed E-state index contributed by atoms with van der Waals surface area (Å²) in [6.07, 6.45) is 0.679. The van der Waals surface area contributed by atoms with Crippen molar-refractivity contribution >= 4 is 12.4 Å². The highest BCUT2D eigenvalue weighted by molar-refractivity contribution is 5.73. The molecule has 0 aromatic carbocycles. The third kappa shape index (κ3) is 5.97. The van der Waals surface area contributed by atoms with E-state index < -0.39 is 23.7 Å². The average Bonchev–Trinajstić information content (AvgIpc) is 2.25. The second-order valence-corrected chi connectivity index (χ2v) is 5.16. The van der Waals surface area contributed by atoms with Crippen LogP contribution in [-0.2, 0) is 14.4 Å². The van der Waals surface area contributed by atoms with Gasteiger partial charge in [0.1, 0.15) is 0 Å². The molecule has 0 aromatic rings. The van der Waals surface area contributed by atoms with Crippen LogP contribution in [0.3, 0.4) is 0 Å². The Kier molecular flexibility index (Phi) is 6.86. The van der Waals surface area contributed by atoms with E-state index in [2.05, 4.69) is 0 Å². The van der Waals surface area contributed by atoms with Crippen LogP contribution >= 0.6 is 0 Å². The fraction of sp³-hybridized carbons (Fsp3) is 0.833. The minimum Gasteiger partial charge on any atom is -0.479 e. The lowest BCUT2D eigenvalue weighted by atomic mass is 10.0. The van der Waals surface area contributed by atoms with Crippen LogP contribution in [-0.4, -0.2) is 45.4 Å². The average molecular weight is 261 g/mol. The topological polar surface area (TPSA) is 87.1 Å². The summed E-state index contributed by atoms with van der Waals surface area (Å²) in [7, 11) is 0. The largest absolute Gasteiger partial charge is 0.479 e. The Morgan fingerprint density at radius 1 is 1.44 bits per heavy atom. The van der Waals surface area contributed by atoms with Crippen molar-refractivity contribution in [1.82, 2.24) is 5.06 Å². The number of aliphatic hydroxyl groups is 1. The van der Waals surface area contributed by atoms with Crippen LogP contribution in [0.15, 0.2) is 0 Å². The van der Waals surface area contributed by atoms with E-state index in [4.69, 9.17) is 9.94 Å². The third-order valence-electron chi connectivity index (χ3n) is 2.28. The lowest BCUT2D eigenvalue weighted by molar-refractivity contribution is -0.244. The number of aliphatic hydroxyl groups excluding tert-OH is 1.